The van der Waals surface area contributed by atoms with Crippen molar-refractivity contribution in [3.63, 3.8) is 0 Å². The molecule has 0 spiro atoms. The molecule has 0 radical (unpaired) electrons. The molecule has 1 N–H and O–H groups in total. The molecule has 30 heavy (non-hydrogen) atoms. The molecular formula is C22H24F3N5. The first-order valence-corrected chi connectivity index (χ1v) is 10.2. The summed E-state index contributed by atoms with van der Waals surface area (Å²) >= 11 is 0. The summed E-state index contributed by atoms with van der Waals surface area (Å²) in [7, 11) is 0. The number of alkyl halides is 3. The summed E-state index contributed by atoms with van der Waals surface area (Å²) in [5, 5.41) is 0. The summed E-state index contributed by atoms with van der Waals surface area (Å²) in [5.74, 6) is 1.77. The number of nitrogens with zero attached hydrogens (tertiary/aromatic N) is 4. The van der Waals surface area contributed by atoms with Crippen LogP contribution in [-0.4, -0.2) is 50.6 Å². The van der Waals surface area contributed by atoms with Crippen LogP contribution in [0.1, 0.15) is 25.1 Å². The van der Waals surface area contributed by atoms with E-state index in [9.17, 15) is 13.2 Å². The summed E-state index contributed by atoms with van der Waals surface area (Å²) in [5.41, 5.74) is 2.65. The van der Waals surface area contributed by atoms with Gasteiger partial charge in [-0.05, 0) is 31.7 Å². The lowest BCUT2D eigenvalue weighted by Crippen LogP contribution is -2.41. The Morgan fingerprint density at radius 3 is 2.50 bits per heavy atom. The van der Waals surface area contributed by atoms with Crippen LogP contribution < -0.4 is 0 Å². The lowest BCUT2D eigenvalue weighted by Gasteiger charge is -2.33. The fraction of sp³-hybridized carbons (Fsp3) is 0.409. The average molecular weight is 415 g/mol. The van der Waals surface area contributed by atoms with E-state index in [1.54, 1.807) is 18.6 Å². The number of benzene rings is 1. The van der Waals surface area contributed by atoms with Gasteiger partial charge in [0.05, 0.1) is 18.4 Å². The van der Waals surface area contributed by atoms with E-state index >= 15 is 0 Å². The number of hydrogen-bond donors (Lipinski definition) is 1. The molecule has 0 bridgehead atoms. The fourth-order valence-corrected chi connectivity index (χ4v) is 3.96. The summed E-state index contributed by atoms with van der Waals surface area (Å²) in [4.78, 5) is 18.1. The van der Waals surface area contributed by atoms with Crippen LogP contribution in [0.5, 0.6) is 0 Å². The topological polar surface area (TPSA) is 57.7 Å². The Bertz CT molecular complexity index is 937. The van der Waals surface area contributed by atoms with Crippen molar-refractivity contribution >= 4 is 0 Å². The minimum Gasteiger partial charge on any atom is -0.342 e. The molecule has 1 saturated heterocycles. The lowest BCUT2D eigenvalue weighted by molar-refractivity contribution is -0.149. The zero-order valence-electron chi connectivity index (χ0n) is 16.6. The Morgan fingerprint density at radius 1 is 1.00 bits per heavy atom. The third kappa shape index (κ3) is 5.44. The van der Waals surface area contributed by atoms with E-state index in [1.165, 1.54) is 4.90 Å². The van der Waals surface area contributed by atoms with Gasteiger partial charge in [0.1, 0.15) is 5.82 Å². The van der Waals surface area contributed by atoms with E-state index < -0.39 is 12.7 Å². The molecule has 1 aromatic carbocycles. The number of aryl methyl sites for hydroxylation is 1. The Labute approximate surface area is 173 Å². The van der Waals surface area contributed by atoms with Crippen molar-refractivity contribution in [3.05, 3.63) is 54.7 Å². The van der Waals surface area contributed by atoms with E-state index in [0.29, 0.717) is 25.3 Å². The number of hydrogen-bond acceptors (Lipinski definition) is 4. The molecule has 0 saturated carbocycles. The molecule has 1 aliphatic heterocycles. The first kappa shape index (κ1) is 20.5. The number of piperidine rings is 1. The van der Waals surface area contributed by atoms with Crippen LogP contribution in [0, 0.1) is 5.92 Å². The molecule has 0 aliphatic carbocycles. The molecule has 4 rings (SSSR count). The van der Waals surface area contributed by atoms with Crippen LogP contribution in [0.25, 0.3) is 22.6 Å². The molecule has 5 nitrogen and oxygen atoms in total. The summed E-state index contributed by atoms with van der Waals surface area (Å²) in [6, 6.07) is 9.77. The number of nitrogens with one attached hydrogen (secondary N) is 1. The molecule has 3 heterocycles. The van der Waals surface area contributed by atoms with Gasteiger partial charge in [0.2, 0.25) is 0 Å². The van der Waals surface area contributed by atoms with Crippen molar-refractivity contribution in [2.24, 2.45) is 5.92 Å². The highest BCUT2D eigenvalue weighted by Gasteiger charge is 2.32. The van der Waals surface area contributed by atoms with Gasteiger partial charge in [-0.3, -0.25) is 4.90 Å². The van der Waals surface area contributed by atoms with Gasteiger partial charge in [-0.25, -0.2) is 15.0 Å². The second-order valence-electron chi connectivity index (χ2n) is 7.80. The molecule has 0 amide bonds. The van der Waals surface area contributed by atoms with Crippen molar-refractivity contribution in [1.29, 1.82) is 0 Å². The monoisotopic (exact) mass is 415 g/mol. The molecule has 2 aromatic heterocycles. The van der Waals surface area contributed by atoms with E-state index in [0.717, 1.165) is 41.9 Å². The second-order valence-corrected chi connectivity index (χ2v) is 7.80. The number of H-pyrrole nitrogens is 1. The second kappa shape index (κ2) is 8.95. The minimum absolute atomic E-state index is 0.267. The lowest BCUT2D eigenvalue weighted by atomic mass is 9.93. The van der Waals surface area contributed by atoms with E-state index in [2.05, 4.69) is 19.9 Å². The number of rotatable bonds is 6. The minimum atomic E-state index is -4.13. The van der Waals surface area contributed by atoms with Crippen LogP contribution in [0.3, 0.4) is 0 Å². The molecule has 3 aromatic rings. The van der Waals surface area contributed by atoms with Crippen LogP contribution >= 0.6 is 0 Å². The maximum Gasteiger partial charge on any atom is 0.401 e. The molecule has 158 valence electrons. The van der Waals surface area contributed by atoms with Gasteiger partial charge in [0, 0.05) is 36.5 Å². The number of likely N-dealkylation sites (tertiary alicyclic amines) is 1. The maximum absolute atomic E-state index is 12.6. The van der Waals surface area contributed by atoms with Gasteiger partial charge in [-0.1, -0.05) is 30.3 Å². The van der Waals surface area contributed by atoms with E-state index in [1.807, 2.05) is 30.3 Å². The third-order valence-corrected chi connectivity index (χ3v) is 5.42. The number of aromatic amines is 1. The van der Waals surface area contributed by atoms with E-state index in [-0.39, 0.29) is 5.92 Å². The van der Waals surface area contributed by atoms with Gasteiger partial charge < -0.3 is 4.98 Å². The normalized spacial score (nSPS) is 17.9. The largest absolute Gasteiger partial charge is 0.401 e. The first-order chi connectivity index (χ1) is 14.5. The smallest absolute Gasteiger partial charge is 0.342 e. The number of halogens is 3. The molecule has 0 unspecified atom stereocenters. The third-order valence-electron chi connectivity index (χ3n) is 5.42. The van der Waals surface area contributed by atoms with Crippen LogP contribution in [-0.2, 0) is 6.42 Å². The Morgan fingerprint density at radius 2 is 1.77 bits per heavy atom. The van der Waals surface area contributed by atoms with Crippen molar-refractivity contribution < 1.29 is 13.2 Å². The Hall–Kier alpha value is -2.74. The number of aromatic nitrogens is 4. The average Bonchev–Trinajstić information content (AvgIpc) is 3.21. The van der Waals surface area contributed by atoms with E-state index in [4.69, 9.17) is 0 Å². The highest BCUT2D eigenvalue weighted by atomic mass is 19.4. The van der Waals surface area contributed by atoms with Gasteiger partial charge in [-0.15, -0.1) is 0 Å². The van der Waals surface area contributed by atoms with Gasteiger partial charge in [0.25, 0.3) is 0 Å². The first-order valence-electron chi connectivity index (χ1n) is 10.2. The zero-order chi connectivity index (χ0) is 21.0. The van der Waals surface area contributed by atoms with Crippen molar-refractivity contribution in [2.45, 2.75) is 31.9 Å². The summed E-state index contributed by atoms with van der Waals surface area (Å²) in [6.07, 6.45) is 4.48. The quantitative estimate of drug-likeness (QED) is 0.632. The zero-order valence-corrected chi connectivity index (χ0v) is 16.6. The van der Waals surface area contributed by atoms with Crippen molar-refractivity contribution in [3.8, 4) is 22.6 Å². The molecule has 1 atom stereocenters. The maximum atomic E-state index is 12.6. The number of imidazole rings is 1. The summed E-state index contributed by atoms with van der Waals surface area (Å²) in [6.45, 7) is 0.217. The molecule has 8 heteroatoms. The highest BCUT2D eigenvalue weighted by Crippen LogP contribution is 2.25. The molecule has 1 fully saturated rings. The van der Waals surface area contributed by atoms with Crippen molar-refractivity contribution in [1.82, 2.24) is 24.8 Å². The van der Waals surface area contributed by atoms with Gasteiger partial charge >= 0.3 is 6.18 Å². The summed E-state index contributed by atoms with van der Waals surface area (Å²) < 4.78 is 37.9. The van der Waals surface area contributed by atoms with Crippen LogP contribution in [0.4, 0.5) is 13.2 Å². The Balaban J connectivity index is 1.33. The predicted molar refractivity (Wildman–Crippen MR) is 109 cm³/mol. The van der Waals surface area contributed by atoms with Crippen LogP contribution in [0.2, 0.25) is 0 Å². The molecule has 1 aliphatic rings. The predicted octanol–water partition coefficient (Wildman–Crippen LogP) is 4.74. The highest BCUT2D eigenvalue weighted by molar-refractivity contribution is 5.60. The molecular weight excluding hydrogens is 391 g/mol. The van der Waals surface area contributed by atoms with Gasteiger partial charge in [-0.2, -0.15) is 13.2 Å². The standard InChI is InChI=1S/C22H24F3N5/c23-22(24,25)15-30-10-4-5-16(14-30)8-9-20-26-13-19(29-20)18-11-27-21(28-12-18)17-6-2-1-3-7-17/h1-3,6-7,11-13,16H,4-5,8-10,14-15H2,(H,26,29)/t16-/m0/s1. The fourth-order valence-electron chi connectivity index (χ4n) is 3.96. The Kier molecular flexibility index (Phi) is 6.13. The van der Waals surface area contributed by atoms with Gasteiger partial charge in [0.15, 0.2) is 5.82 Å². The van der Waals surface area contributed by atoms with Crippen LogP contribution in [0.15, 0.2) is 48.9 Å². The van der Waals surface area contributed by atoms with Crippen molar-refractivity contribution in [2.75, 3.05) is 19.6 Å². The SMILES string of the molecule is FC(F)(F)CN1CCC[C@@H](CCc2ncc(-c3cnc(-c4ccccc4)nc3)[nH]2)C1.